The molecule has 0 saturated carbocycles. The molecule has 0 saturated heterocycles. The Morgan fingerprint density at radius 2 is 1.86 bits per heavy atom. The number of hydrogen-bond donors (Lipinski definition) is 2. The third-order valence-electron chi connectivity index (χ3n) is 2.95. The van der Waals surface area contributed by atoms with E-state index < -0.39 is 9.84 Å². The molecular weight excluding hydrogens is 308 g/mol. The molecule has 0 amide bonds. The summed E-state index contributed by atoms with van der Waals surface area (Å²) in [4.78, 5) is 0.269. The topological polar surface area (TPSA) is 72.2 Å². The van der Waals surface area contributed by atoms with Crippen LogP contribution < -0.4 is 11.1 Å². The summed E-state index contributed by atoms with van der Waals surface area (Å²) in [7, 11) is -3.32. The summed E-state index contributed by atoms with van der Waals surface area (Å²) in [5.41, 5.74) is 7.37. The van der Waals surface area contributed by atoms with Gasteiger partial charge >= 0.3 is 0 Å². The van der Waals surface area contributed by atoms with Gasteiger partial charge in [-0.3, -0.25) is 0 Å². The Morgan fingerprint density at radius 1 is 1.14 bits per heavy atom. The molecule has 0 atom stereocenters. The van der Waals surface area contributed by atoms with Crippen LogP contribution in [0.15, 0.2) is 47.4 Å². The third-order valence-corrected chi connectivity index (χ3v) is 5.26. The zero-order valence-electron chi connectivity index (χ0n) is 11.6. The maximum atomic E-state index is 12.3. The largest absolute Gasteiger partial charge is 0.399 e. The van der Waals surface area contributed by atoms with Gasteiger partial charge in [-0.25, -0.2) is 8.42 Å². The molecule has 21 heavy (non-hydrogen) atoms. The van der Waals surface area contributed by atoms with Crippen LogP contribution in [-0.4, -0.2) is 14.2 Å². The lowest BCUT2D eigenvalue weighted by molar-refractivity contribution is 0.595. The number of benzene rings is 2. The fourth-order valence-corrected chi connectivity index (χ4v) is 3.67. The van der Waals surface area contributed by atoms with Gasteiger partial charge in [0, 0.05) is 5.69 Å². The Balaban J connectivity index is 2.44. The van der Waals surface area contributed by atoms with E-state index in [9.17, 15) is 8.42 Å². The predicted molar refractivity (Wildman–Crippen MR) is 87.9 cm³/mol. The first-order valence-electron chi connectivity index (χ1n) is 6.58. The molecule has 0 aliphatic rings. The van der Waals surface area contributed by atoms with E-state index in [1.54, 1.807) is 42.5 Å². The van der Waals surface area contributed by atoms with Crippen LogP contribution in [0.25, 0.3) is 0 Å². The van der Waals surface area contributed by atoms with E-state index in [0.29, 0.717) is 28.5 Å². The third kappa shape index (κ3) is 3.68. The Labute approximate surface area is 129 Å². The molecule has 3 N–H and O–H groups in total. The van der Waals surface area contributed by atoms with Crippen molar-refractivity contribution in [2.45, 2.75) is 18.2 Å². The molecule has 112 valence electrons. The fraction of sp³-hybridized carbons (Fsp3) is 0.200. The second-order valence-electron chi connectivity index (χ2n) is 4.68. The van der Waals surface area contributed by atoms with Gasteiger partial charge < -0.3 is 11.1 Å². The lowest BCUT2D eigenvalue weighted by Gasteiger charge is -2.13. The molecule has 6 heteroatoms. The standard InChI is InChI=1S/C15H17ClN2O2S/c1-2-9-21(19,20)15-6-4-3-5-13(15)18-14-10-11(17)7-8-12(14)16/h3-8,10,18H,2,9,17H2,1H3. The molecular formula is C15H17ClN2O2S. The van der Waals surface area contributed by atoms with Crippen molar-refractivity contribution in [3.63, 3.8) is 0 Å². The maximum absolute atomic E-state index is 12.3. The zero-order valence-corrected chi connectivity index (χ0v) is 13.2. The number of nitrogens with one attached hydrogen (secondary N) is 1. The Morgan fingerprint density at radius 3 is 2.57 bits per heavy atom. The van der Waals surface area contributed by atoms with Crippen molar-refractivity contribution < 1.29 is 8.42 Å². The molecule has 2 aromatic carbocycles. The summed E-state index contributed by atoms with van der Waals surface area (Å²) in [6.07, 6.45) is 0.565. The molecule has 0 aliphatic carbocycles. The maximum Gasteiger partial charge on any atom is 0.180 e. The molecule has 4 nitrogen and oxygen atoms in total. The smallest absolute Gasteiger partial charge is 0.180 e. The van der Waals surface area contributed by atoms with Gasteiger partial charge in [0.2, 0.25) is 0 Å². The highest BCUT2D eigenvalue weighted by molar-refractivity contribution is 7.91. The highest BCUT2D eigenvalue weighted by Gasteiger charge is 2.17. The van der Waals surface area contributed by atoms with Gasteiger partial charge in [0.1, 0.15) is 0 Å². The van der Waals surface area contributed by atoms with Gasteiger partial charge in [-0.15, -0.1) is 0 Å². The molecule has 0 heterocycles. The van der Waals surface area contributed by atoms with Gasteiger partial charge in [-0.2, -0.15) is 0 Å². The second-order valence-corrected chi connectivity index (χ2v) is 7.16. The SMILES string of the molecule is CCCS(=O)(=O)c1ccccc1Nc1cc(N)ccc1Cl. The summed E-state index contributed by atoms with van der Waals surface area (Å²) in [6, 6.07) is 11.8. The minimum absolute atomic E-state index is 0.107. The fourth-order valence-electron chi connectivity index (χ4n) is 2.00. The first-order valence-corrected chi connectivity index (χ1v) is 8.61. The predicted octanol–water partition coefficient (Wildman–Crippen LogP) is 3.85. The van der Waals surface area contributed by atoms with Gasteiger partial charge in [-0.1, -0.05) is 30.7 Å². The van der Waals surface area contributed by atoms with Crippen molar-refractivity contribution >= 4 is 38.5 Å². The molecule has 0 fully saturated rings. The van der Waals surface area contributed by atoms with Crippen LogP contribution in [0, 0.1) is 0 Å². The summed E-state index contributed by atoms with van der Waals surface area (Å²) >= 11 is 6.11. The first-order chi connectivity index (χ1) is 9.94. The van der Waals surface area contributed by atoms with Crippen LogP contribution >= 0.6 is 11.6 Å². The van der Waals surface area contributed by atoms with Crippen LogP contribution in [0.2, 0.25) is 5.02 Å². The van der Waals surface area contributed by atoms with Crippen LogP contribution in [0.5, 0.6) is 0 Å². The summed E-state index contributed by atoms with van der Waals surface area (Å²) in [5, 5.41) is 3.53. The van der Waals surface area contributed by atoms with Crippen molar-refractivity contribution in [2.75, 3.05) is 16.8 Å². The van der Waals surface area contributed by atoms with Gasteiger partial charge in [-0.05, 0) is 36.8 Å². The van der Waals surface area contributed by atoms with E-state index >= 15 is 0 Å². The average Bonchev–Trinajstić information content (AvgIpc) is 2.43. The minimum atomic E-state index is -3.32. The van der Waals surface area contributed by atoms with Crippen molar-refractivity contribution in [3.8, 4) is 0 Å². The monoisotopic (exact) mass is 324 g/mol. The van der Waals surface area contributed by atoms with Gasteiger partial charge in [0.15, 0.2) is 9.84 Å². The van der Waals surface area contributed by atoms with E-state index in [4.69, 9.17) is 17.3 Å². The quantitative estimate of drug-likeness (QED) is 0.819. The van der Waals surface area contributed by atoms with E-state index in [1.165, 1.54) is 0 Å². The number of nitrogens with two attached hydrogens (primary N) is 1. The molecule has 0 radical (unpaired) electrons. The van der Waals surface area contributed by atoms with E-state index in [1.807, 2.05) is 6.92 Å². The van der Waals surface area contributed by atoms with E-state index in [-0.39, 0.29) is 10.6 Å². The van der Waals surface area contributed by atoms with Crippen molar-refractivity contribution in [1.29, 1.82) is 0 Å². The summed E-state index contributed by atoms with van der Waals surface area (Å²) in [5.74, 6) is 0.107. The average molecular weight is 325 g/mol. The zero-order chi connectivity index (χ0) is 15.5. The molecule has 0 aromatic heterocycles. The second kappa shape index (κ2) is 6.37. The minimum Gasteiger partial charge on any atom is -0.399 e. The Kier molecular flexibility index (Phi) is 4.75. The number of rotatable bonds is 5. The van der Waals surface area contributed by atoms with E-state index in [0.717, 1.165) is 0 Å². The van der Waals surface area contributed by atoms with Crippen LogP contribution in [0.1, 0.15) is 13.3 Å². The highest BCUT2D eigenvalue weighted by atomic mass is 35.5. The number of halogens is 1. The normalized spacial score (nSPS) is 11.3. The van der Waals surface area contributed by atoms with Crippen molar-refractivity contribution in [2.24, 2.45) is 0 Å². The lowest BCUT2D eigenvalue weighted by atomic mass is 10.2. The van der Waals surface area contributed by atoms with E-state index in [2.05, 4.69) is 5.32 Å². The highest BCUT2D eigenvalue weighted by Crippen LogP contribution is 2.31. The van der Waals surface area contributed by atoms with Crippen molar-refractivity contribution in [3.05, 3.63) is 47.5 Å². The summed E-state index contributed by atoms with van der Waals surface area (Å²) < 4.78 is 24.6. The molecule has 0 aliphatic heterocycles. The lowest BCUT2D eigenvalue weighted by Crippen LogP contribution is -2.08. The van der Waals surface area contributed by atoms with Crippen LogP contribution in [0.3, 0.4) is 0 Å². The molecule has 2 aromatic rings. The number of anilines is 3. The number of nitrogen functional groups attached to an aromatic ring is 1. The van der Waals surface area contributed by atoms with Crippen LogP contribution in [0.4, 0.5) is 17.1 Å². The van der Waals surface area contributed by atoms with Gasteiger partial charge in [0.05, 0.1) is 27.0 Å². The number of hydrogen-bond acceptors (Lipinski definition) is 4. The Bertz CT molecular complexity index is 745. The Hall–Kier alpha value is -1.72. The van der Waals surface area contributed by atoms with Crippen molar-refractivity contribution in [1.82, 2.24) is 0 Å². The molecule has 2 rings (SSSR count). The molecule has 0 bridgehead atoms. The van der Waals surface area contributed by atoms with Gasteiger partial charge in [0.25, 0.3) is 0 Å². The number of sulfone groups is 1. The van der Waals surface area contributed by atoms with Crippen LogP contribution in [-0.2, 0) is 9.84 Å². The number of para-hydroxylation sites is 1. The molecule has 0 unspecified atom stereocenters. The summed E-state index contributed by atoms with van der Waals surface area (Å²) in [6.45, 7) is 1.84. The first kappa shape index (κ1) is 15.7. The molecule has 0 spiro atoms.